The second-order valence-electron chi connectivity index (χ2n) is 6.46. The van der Waals surface area contributed by atoms with Crippen molar-refractivity contribution in [1.82, 2.24) is 14.8 Å². The molecule has 1 fully saturated rings. The molecule has 2 aromatic heterocycles. The lowest BCUT2D eigenvalue weighted by Crippen LogP contribution is -2.27. The van der Waals surface area contributed by atoms with Crippen LogP contribution in [0.15, 0.2) is 29.3 Å². The number of hydrogen-bond donors (Lipinski definition) is 2. The number of H-pyrrole nitrogens is 1. The molecule has 120 valence electrons. The summed E-state index contributed by atoms with van der Waals surface area (Å²) in [5, 5.41) is 5.89. The molecule has 1 amide bonds. The Labute approximate surface area is 133 Å². The van der Waals surface area contributed by atoms with E-state index in [2.05, 4.69) is 15.4 Å². The van der Waals surface area contributed by atoms with Crippen LogP contribution < -0.4 is 10.9 Å². The Hall–Kier alpha value is -2.37. The summed E-state index contributed by atoms with van der Waals surface area (Å²) >= 11 is 0. The number of carbonyl (C=O) groups is 1. The summed E-state index contributed by atoms with van der Waals surface area (Å²) in [5.41, 5.74) is 1.48. The number of hydrogen-bond acceptors (Lipinski definition) is 3. The summed E-state index contributed by atoms with van der Waals surface area (Å²) in [6, 6.07) is 4.04. The number of amides is 1. The van der Waals surface area contributed by atoms with E-state index in [1.807, 2.05) is 16.8 Å². The van der Waals surface area contributed by atoms with Crippen molar-refractivity contribution in [2.24, 2.45) is 0 Å². The number of aromatic nitrogens is 3. The van der Waals surface area contributed by atoms with Gasteiger partial charge < -0.3 is 5.32 Å². The third kappa shape index (κ3) is 2.48. The predicted molar refractivity (Wildman–Crippen MR) is 86.5 cm³/mol. The van der Waals surface area contributed by atoms with Gasteiger partial charge in [0.15, 0.2) is 0 Å². The van der Waals surface area contributed by atoms with Gasteiger partial charge in [-0.2, -0.15) is 0 Å². The second kappa shape index (κ2) is 5.68. The zero-order valence-electron chi connectivity index (χ0n) is 12.9. The van der Waals surface area contributed by atoms with Gasteiger partial charge in [-0.15, -0.1) is 0 Å². The van der Waals surface area contributed by atoms with E-state index in [9.17, 15) is 9.59 Å². The van der Waals surface area contributed by atoms with Gasteiger partial charge in [0, 0.05) is 24.7 Å². The van der Waals surface area contributed by atoms with Crippen molar-refractivity contribution < 1.29 is 4.79 Å². The second-order valence-corrected chi connectivity index (χ2v) is 6.46. The molecule has 1 aliphatic carbocycles. The fourth-order valence-electron chi connectivity index (χ4n) is 3.86. The molecular formula is C17H20N4O2. The van der Waals surface area contributed by atoms with Gasteiger partial charge in [-0.3, -0.25) is 24.4 Å². The molecule has 0 bridgehead atoms. The van der Waals surface area contributed by atoms with E-state index < -0.39 is 0 Å². The molecule has 2 aromatic rings. The Balaban J connectivity index is 1.80. The van der Waals surface area contributed by atoms with Crippen LogP contribution in [0.5, 0.6) is 0 Å². The summed E-state index contributed by atoms with van der Waals surface area (Å²) in [6.07, 6.45) is 9.40. The van der Waals surface area contributed by atoms with Crippen molar-refractivity contribution >= 4 is 11.7 Å². The van der Waals surface area contributed by atoms with E-state index in [1.54, 1.807) is 12.4 Å². The van der Waals surface area contributed by atoms with Gasteiger partial charge in [0.25, 0.3) is 5.56 Å². The molecule has 0 aromatic carbocycles. The Bertz CT molecular complexity index is 772. The highest BCUT2D eigenvalue weighted by molar-refractivity contribution is 5.94. The number of carbonyl (C=O) groups excluding carboxylic acids is 1. The van der Waals surface area contributed by atoms with Gasteiger partial charge in [0.1, 0.15) is 5.82 Å². The average Bonchev–Trinajstić information content (AvgIpc) is 2.92. The molecule has 6 heteroatoms. The van der Waals surface area contributed by atoms with Crippen molar-refractivity contribution in [1.29, 1.82) is 0 Å². The summed E-state index contributed by atoms with van der Waals surface area (Å²) < 4.78 is 1.90. The molecule has 2 N–H and O–H groups in total. The fourth-order valence-corrected chi connectivity index (χ4v) is 3.86. The van der Waals surface area contributed by atoms with Crippen LogP contribution in [0.3, 0.4) is 0 Å². The third-order valence-corrected chi connectivity index (χ3v) is 4.99. The lowest BCUT2D eigenvalue weighted by Gasteiger charge is -2.28. The van der Waals surface area contributed by atoms with Gasteiger partial charge in [-0.05, 0) is 24.5 Å². The molecule has 1 aliphatic heterocycles. The van der Waals surface area contributed by atoms with Crippen molar-refractivity contribution in [3.63, 3.8) is 0 Å². The van der Waals surface area contributed by atoms with Gasteiger partial charge in [-0.1, -0.05) is 25.3 Å². The van der Waals surface area contributed by atoms with Crippen LogP contribution in [0.1, 0.15) is 61.6 Å². The number of nitrogens with zero attached hydrogens (tertiary/aromatic N) is 2. The van der Waals surface area contributed by atoms with Crippen molar-refractivity contribution in [2.75, 3.05) is 5.32 Å². The van der Waals surface area contributed by atoms with Gasteiger partial charge in [0.05, 0.1) is 11.6 Å². The molecule has 4 rings (SSSR count). The molecule has 3 heterocycles. The first-order valence-corrected chi connectivity index (χ1v) is 8.28. The molecule has 0 saturated heterocycles. The zero-order chi connectivity index (χ0) is 15.8. The standard InChI is InChI=1S/C17H20N4O2/c22-14-9-13(11-5-4-8-18-10-11)15-16(19-14)21(20-17(15)23)12-6-2-1-3-7-12/h4-5,8,10,12-13H,1-3,6-7,9H2,(H,19,22)(H,20,23)/t13-/m0/s1. The first-order chi connectivity index (χ1) is 11.2. The number of fused-ring (bicyclic) bond motifs is 1. The smallest absolute Gasteiger partial charge is 0.270 e. The van der Waals surface area contributed by atoms with Crippen LogP contribution >= 0.6 is 0 Å². The van der Waals surface area contributed by atoms with Gasteiger partial charge in [0.2, 0.25) is 5.91 Å². The third-order valence-electron chi connectivity index (χ3n) is 4.99. The van der Waals surface area contributed by atoms with Crippen LogP contribution in [0, 0.1) is 0 Å². The van der Waals surface area contributed by atoms with Crippen LogP contribution in [-0.4, -0.2) is 20.7 Å². The molecule has 1 atom stereocenters. The highest BCUT2D eigenvalue weighted by Gasteiger charge is 2.34. The molecule has 0 unspecified atom stereocenters. The molecule has 1 saturated carbocycles. The first-order valence-electron chi connectivity index (χ1n) is 8.28. The summed E-state index contributed by atoms with van der Waals surface area (Å²) in [7, 11) is 0. The van der Waals surface area contributed by atoms with Crippen LogP contribution in [0.2, 0.25) is 0 Å². The van der Waals surface area contributed by atoms with Crippen molar-refractivity contribution in [3.05, 3.63) is 46.0 Å². The van der Waals surface area contributed by atoms with Crippen LogP contribution in [0.4, 0.5) is 5.82 Å². The summed E-state index contributed by atoms with van der Waals surface area (Å²) in [6.45, 7) is 0. The number of rotatable bonds is 2. The largest absolute Gasteiger partial charge is 0.311 e. The molecule has 6 nitrogen and oxygen atoms in total. The number of aromatic amines is 1. The monoisotopic (exact) mass is 312 g/mol. The Morgan fingerprint density at radius 3 is 2.74 bits per heavy atom. The lowest BCUT2D eigenvalue weighted by molar-refractivity contribution is -0.116. The SMILES string of the molecule is O=C1C[C@@H](c2cccnc2)c2c(n(C3CCCCC3)[nH]c2=O)N1. The summed E-state index contributed by atoms with van der Waals surface area (Å²) in [5.74, 6) is 0.392. The van der Waals surface area contributed by atoms with Gasteiger partial charge in [-0.25, -0.2) is 0 Å². The lowest BCUT2D eigenvalue weighted by atomic mass is 9.88. The van der Waals surface area contributed by atoms with E-state index >= 15 is 0 Å². The molecule has 2 aliphatic rings. The Kier molecular flexibility index (Phi) is 3.52. The zero-order valence-corrected chi connectivity index (χ0v) is 12.9. The minimum Gasteiger partial charge on any atom is -0.311 e. The quantitative estimate of drug-likeness (QED) is 0.894. The van der Waals surface area contributed by atoms with E-state index in [0.29, 0.717) is 11.4 Å². The maximum Gasteiger partial charge on any atom is 0.270 e. The molecule has 0 spiro atoms. The minimum atomic E-state index is -0.221. The fraction of sp³-hybridized carbons (Fsp3) is 0.471. The van der Waals surface area contributed by atoms with E-state index in [-0.39, 0.29) is 29.8 Å². The van der Waals surface area contributed by atoms with E-state index in [4.69, 9.17) is 0 Å². The van der Waals surface area contributed by atoms with Crippen LogP contribution in [-0.2, 0) is 4.79 Å². The topological polar surface area (TPSA) is 79.8 Å². The highest BCUT2D eigenvalue weighted by atomic mass is 16.2. The maximum atomic E-state index is 12.6. The highest BCUT2D eigenvalue weighted by Crippen LogP contribution is 2.38. The Morgan fingerprint density at radius 1 is 1.17 bits per heavy atom. The van der Waals surface area contributed by atoms with E-state index in [1.165, 1.54) is 19.3 Å². The molecular weight excluding hydrogens is 292 g/mol. The predicted octanol–water partition coefficient (Wildman–Crippen LogP) is 2.55. The Morgan fingerprint density at radius 2 is 2.00 bits per heavy atom. The number of anilines is 1. The average molecular weight is 312 g/mol. The maximum absolute atomic E-state index is 12.6. The molecule has 0 radical (unpaired) electrons. The van der Waals surface area contributed by atoms with Crippen molar-refractivity contribution in [3.8, 4) is 0 Å². The molecule has 23 heavy (non-hydrogen) atoms. The van der Waals surface area contributed by atoms with Crippen LogP contribution in [0.25, 0.3) is 0 Å². The number of pyridine rings is 1. The summed E-state index contributed by atoms with van der Waals surface area (Å²) in [4.78, 5) is 28.9. The number of nitrogens with one attached hydrogen (secondary N) is 2. The normalized spacial score (nSPS) is 21.7. The van der Waals surface area contributed by atoms with Crippen molar-refractivity contribution in [2.45, 2.75) is 50.5 Å². The minimum absolute atomic E-state index is 0.0464. The van der Waals surface area contributed by atoms with Gasteiger partial charge >= 0.3 is 0 Å². The first kappa shape index (κ1) is 14.2. The van der Waals surface area contributed by atoms with E-state index in [0.717, 1.165) is 18.4 Å².